The van der Waals surface area contributed by atoms with Gasteiger partial charge in [0.15, 0.2) is 0 Å². The van der Waals surface area contributed by atoms with Crippen LogP contribution in [-0.4, -0.2) is 24.1 Å². The second-order valence-electron chi connectivity index (χ2n) is 6.28. The number of thioether (sulfide) groups is 1. The van der Waals surface area contributed by atoms with Crippen LogP contribution in [0.5, 0.6) is 0 Å². The van der Waals surface area contributed by atoms with E-state index < -0.39 is 0 Å². The SMILES string of the molecule is CCCCCCCCCCCCC(CSCC)NCCC. The molecule has 0 rings (SSSR count). The lowest BCUT2D eigenvalue weighted by Gasteiger charge is -2.17. The highest BCUT2D eigenvalue weighted by Gasteiger charge is 2.06. The third-order valence-electron chi connectivity index (χ3n) is 4.11. The minimum absolute atomic E-state index is 0.754. The highest BCUT2D eigenvalue weighted by Crippen LogP contribution is 2.13. The predicted octanol–water partition coefficient (Wildman–Crippen LogP) is 6.42. The molecule has 2 heteroatoms. The summed E-state index contributed by atoms with van der Waals surface area (Å²) in [7, 11) is 0. The highest BCUT2D eigenvalue weighted by atomic mass is 32.2. The third kappa shape index (κ3) is 16.5. The lowest BCUT2D eigenvalue weighted by molar-refractivity contribution is 0.480. The van der Waals surface area contributed by atoms with Crippen LogP contribution in [0.15, 0.2) is 0 Å². The Hall–Kier alpha value is 0.310. The summed E-state index contributed by atoms with van der Waals surface area (Å²) < 4.78 is 0. The van der Waals surface area contributed by atoms with Crippen LogP contribution in [0.2, 0.25) is 0 Å². The van der Waals surface area contributed by atoms with Crippen molar-refractivity contribution in [1.82, 2.24) is 5.32 Å². The molecular formula is C19H41NS. The van der Waals surface area contributed by atoms with Crippen molar-refractivity contribution < 1.29 is 0 Å². The molecule has 1 nitrogen and oxygen atoms in total. The van der Waals surface area contributed by atoms with Crippen LogP contribution in [0.3, 0.4) is 0 Å². The molecule has 0 aromatic carbocycles. The minimum atomic E-state index is 0.754. The van der Waals surface area contributed by atoms with E-state index in [1.807, 2.05) is 0 Å². The molecule has 0 aliphatic rings. The van der Waals surface area contributed by atoms with Crippen molar-refractivity contribution in [3.63, 3.8) is 0 Å². The smallest absolute Gasteiger partial charge is 0.0158 e. The van der Waals surface area contributed by atoms with Gasteiger partial charge in [-0.1, -0.05) is 85.0 Å². The molecule has 0 radical (unpaired) electrons. The van der Waals surface area contributed by atoms with E-state index in [9.17, 15) is 0 Å². The molecule has 0 spiro atoms. The first-order chi connectivity index (χ1) is 10.3. The van der Waals surface area contributed by atoms with Gasteiger partial charge in [0.2, 0.25) is 0 Å². The molecule has 0 bridgehead atoms. The Bertz CT molecular complexity index is 176. The summed E-state index contributed by atoms with van der Waals surface area (Å²) in [6.07, 6.45) is 17.1. The van der Waals surface area contributed by atoms with E-state index in [2.05, 4.69) is 37.8 Å². The monoisotopic (exact) mass is 315 g/mol. The molecule has 1 N–H and O–H groups in total. The predicted molar refractivity (Wildman–Crippen MR) is 102 cm³/mol. The summed E-state index contributed by atoms with van der Waals surface area (Å²) in [6, 6.07) is 0.754. The van der Waals surface area contributed by atoms with Crippen molar-refractivity contribution in [2.24, 2.45) is 0 Å². The molecule has 0 aromatic rings. The van der Waals surface area contributed by atoms with E-state index in [1.165, 1.54) is 95.1 Å². The Morgan fingerprint density at radius 1 is 0.714 bits per heavy atom. The maximum absolute atomic E-state index is 3.71. The normalized spacial score (nSPS) is 12.7. The van der Waals surface area contributed by atoms with Crippen molar-refractivity contribution in [3.8, 4) is 0 Å². The standard InChI is InChI=1S/C19H41NS/c1-4-7-8-9-10-11-12-13-14-15-16-19(18-21-6-3)20-17-5-2/h19-20H,4-18H2,1-3H3. The molecule has 0 saturated carbocycles. The third-order valence-corrected chi connectivity index (χ3v) is 5.16. The summed E-state index contributed by atoms with van der Waals surface area (Å²) >= 11 is 2.09. The van der Waals surface area contributed by atoms with Gasteiger partial charge in [-0.05, 0) is 25.1 Å². The molecule has 0 aliphatic carbocycles. The lowest BCUT2D eigenvalue weighted by atomic mass is 10.0. The molecule has 0 aliphatic heterocycles. The Balaban J connectivity index is 3.35. The zero-order valence-corrected chi connectivity index (χ0v) is 15.9. The van der Waals surface area contributed by atoms with Gasteiger partial charge in [0.1, 0.15) is 0 Å². The first-order valence-electron chi connectivity index (χ1n) is 9.66. The van der Waals surface area contributed by atoms with Crippen LogP contribution in [0.1, 0.15) is 97.8 Å². The van der Waals surface area contributed by atoms with Crippen LogP contribution < -0.4 is 5.32 Å². The molecule has 0 aromatic heterocycles. The zero-order chi connectivity index (χ0) is 15.6. The summed E-state index contributed by atoms with van der Waals surface area (Å²) in [5, 5.41) is 3.71. The number of hydrogen-bond acceptors (Lipinski definition) is 2. The van der Waals surface area contributed by atoms with E-state index in [0.717, 1.165) is 6.04 Å². The molecule has 0 saturated heterocycles. The second-order valence-corrected chi connectivity index (χ2v) is 7.60. The van der Waals surface area contributed by atoms with Gasteiger partial charge in [-0.2, -0.15) is 11.8 Å². The van der Waals surface area contributed by atoms with Crippen molar-refractivity contribution in [3.05, 3.63) is 0 Å². The van der Waals surface area contributed by atoms with Gasteiger partial charge in [0.25, 0.3) is 0 Å². The van der Waals surface area contributed by atoms with E-state index >= 15 is 0 Å². The molecule has 0 heterocycles. The van der Waals surface area contributed by atoms with E-state index in [1.54, 1.807) is 0 Å². The molecule has 1 unspecified atom stereocenters. The topological polar surface area (TPSA) is 12.0 Å². The first-order valence-corrected chi connectivity index (χ1v) is 10.8. The Morgan fingerprint density at radius 3 is 1.81 bits per heavy atom. The van der Waals surface area contributed by atoms with Gasteiger partial charge in [0, 0.05) is 11.8 Å². The van der Waals surface area contributed by atoms with Gasteiger partial charge in [-0.15, -0.1) is 0 Å². The van der Waals surface area contributed by atoms with Crippen LogP contribution in [0, 0.1) is 0 Å². The molecular weight excluding hydrogens is 274 g/mol. The van der Waals surface area contributed by atoms with Crippen LogP contribution in [-0.2, 0) is 0 Å². The largest absolute Gasteiger partial charge is 0.313 e. The van der Waals surface area contributed by atoms with Crippen LogP contribution >= 0.6 is 11.8 Å². The molecule has 21 heavy (non-hydrogen) atoms. The van der Waals surface area contributed by atoms with Gasteiger partial charge in [0.05, 0.1) is 0 Å². The zero-order valence-electron chi connectivity index (χ0n) is 15.1. The molecule has 0 fully saturated rings. The van der Waals surface area contributed by atoms with Gasteiger partial charge < -0.3 is 5.32 Å². The number of hydrogen-bond donors (Lipinski definition) is 1. The fourth-order valence-electron chi connectivity index (χ4n) is 2.73. The molecule has 128 valence electrons. The van der Waals surface area contributed by atoms with Crippen molar-refractivity contribution in [2.75, 3.05) is 18.1 Å². The number of unbranched alkanes of at least 4 members (excludes halogenated alkanes) is 9. The average molecular weight is 316 g/mol. The fraction of sp³-hybridized carbons (Fsp3) is 1.00. The van der Waals surface area contributed by atoms with Gasteiger partial charge >= 0.3 is 0 Å². The van der Waals surface area contributed by atoms with E-state index in [4.69, 9.17) is 0 Å². The molecule has 0 amide bonds. The van der Waals surface area contributed by atoms with E-state index in [-0.39, 0.29) is 0 Å². The Kier molecular flexibility index (Phi) is 18.6. The van der Waals surface area contributed by atoms with Crippen LogP contribution in [0.25, 0.3) is 0 Å². The van der Waals surface area contributed by atoms with Gasteiger partial charge in [-0.3, -0.25) is 0 Å². The number of nitrogens with one attached hydrogen (secondary N) is 1. The first kappa shape index (κ1) is 21.3. The molecule has 1 atom stereocenters. The summed E-state index contributed by atoms with van der Waals surface area (Å²) in [6.45, 7) is 8.01. The summed E-state index contributed by atoms with van der Waals surface area (Å²) in [5.41, 5.74) is 0. The summed E-state index contributed by atoms with van der Waals surface area (Å²) in [5.74, 6) is 2.55. The Morgan fingerprint density at radius 2 is 1.29 bits per heavy atom. The van der Waals surface area contributed by atoms with Gasteiger partial charge in [-0.25, -0.2) is 0 Å². The maximum Gasteiger partial charge on any atom is 0.0158 e. The fourth-order valence-corrected chi connectivity index (χ4v) is 3.54. The minimum Gasteiger partial charge on any atom is -0.313 e. The van der Waals surface area contributed by atoms with Crippen molar-refractivity contribution in [1.29, 1.82) is 0 Å². The number of rotatable bonds is 17. The lowest BCUT2D eigenvalue weighted by Crippen LogP contribution is -2.32. The van der Waals surface area contributed by atoms with Crippen molar-refractivity contribution in [2.45, 2.75) is 104 Å². The van der Waals surface area contributed by atoms with Crippen LogP contribution in [0.4, 0.5) is 0 Å². The van der Waals surface area contributed by atoms with Crippen molar-refractivity contribution >= 4 is 11.8 Å². The highest BCUT2D eigenvalue weighted by molar-refractivity contribution is 7.99. The maximum atomic E-state index is 3.71. The average Bonchev–Trinajstić information content (AvgIpc) is 2.51. The second kappa shape index (κ2) is 18.4. The Labute approximate surface area is 139 Å². The quantitative estimate of drug-likeness (QED) is 0.311. The summed E-state index contributed by atoms with van der Waals surface area (Å²) in [4.78, 5) is 0. The van der Waals surface area contributed by atoms with E-state index in [0.29, 0.717) is 0 Å².